The lowest BCUT2D eigenvalue weighted by atomic mass is 9.91. The smallest absolute Gasteiger partial charge is 0.227 e. The summed E-state index contributed by atoms with van der Waals surface area (Å²) in [5.41, 5.74) is 14.7. The van der Waals surface area contributed by atoms with E-state index in [1.807, 2.05) is 6.92 Å². The monoisotopic (exact) mass is 772 g/mol. The molecule has 3 aliphatic carbocycles. The second kappa shape index (κ2) is 15.6. The first-order valence-corrected chi connectivity index (χ1v) is 20.1. The van der Waals surface area contributed by atoms with Crippen molar-refractivity contribution in [3.05, 3.63) is 18.5 Å². The topological polar surface area (TPSA) is 292 Å². The molecule has 4 aliphatic rings. The van der Waals surface area contributed by atoms with E-state index in [4.69, 9.17) is 41.1 Å². The molecule has 3 saturated carbocycles. The quantitative estimate of drug-likeness (QED) is 0.0923. The minimum absolute atomic E-state index is 0.120. The molecule has 0 radical (unpaired) electrons. The second-order valence-corrected chi connectivity index (χ2v) is 15.8. The molecule has 11 N–H and O–H groups in total. The predicted molar refractivity (Wildman–Crippen MR) is 206 cm³/mol. The number of anilines is 4. The third kappa shape index (κ3) is 7.52. The van der Waals surface area contributed by atoms with Gasteiger partial charge in [-0.25, -0.2) is 9.97 Å². The van der Waals surface area contributed by atoms with Crippen LogP contribution in [0.5, 0.6) is 0 Å². The summed E-state index contributed by atoms with van der Waals surface area (Å²) in [6.45, 7) is 2.39. The highest BCUT2D eigenvalue weighted by Gasteiger charge is 2.47. The maximum absolute atomic E-state index is 11.2. The van der Waals surface area contributed by atoms with Gasteiger partial charge in [0, 0.05) is 36.3 Å². The van der Waals surface area contributed by atoms with Crippen molar-refractivity contribution in [1.29, 1.82) is 0 Å². The number of aliphatic hydroxyl groups excluding tert-OH is 2. The summed E-state index contributed by atoms with van der Waals surface area (Å²) < 4.78 is 7.85. The fraction of sp³-hybridized carbons (Fsp3) is 0.686. The lowest BCUT2D eigenvalue weighted by molar-refractivity contribution is -0.0384. The molecule has 1 saturated heterocycles. The molecule has 5 aromatic rings. The third-order valence-electron chi connectivity index (χ3n) is 11.8. The Hall–Kier alpha value is -4.83. The van der Waals surface area contributed by atoms with Gasteiger partial charge >= 0.3 is 0 Å². The lowest BCUT2D eigenvalue weighted by Gasteiger charge is -2.31. The van der Waals surface area contributed by atoms with Crippen LogP contribution >= 0.6 is 0 Å². The van der Waals surface area contributed by atoms with Crippen LogP contribution in [-0.2, 0) is 11.3 Å². The number of aryl methyl sites for hydroxylation is 1. The van der Waals surface area contributed by atoms with Crippen LogP contribution in [0, 0.1) is 0 Å². The number of ether oxygens (including phenoxy) is 1. The number of nitrogens with two attached hydrogens (primary N) is 2. The number of aromatic amines is 1. The maximum atomic E-state index is 11.2. The summed E-state index contributed by atoms with van der Waals surface area (Å²) in [7, 11) is 0. The number of tetrazole rings is 1. The summed E-state index contributed by atoms with van der Waals surface area (Å²) in [5.74, 6) is 2.54. The summed E-state index contributed by atoms with van der Waals surface area (Å²) in [5, 5.41) is 49.0. The predicted octanol–water partition coefficient (Wildman–Crippen LogP) is 1.69. The standard InChI is InChI=1S/C35H52N18O3/c1-2-53-50-31(49-51-53)27-25(54)26(55)33(56-27)52-16-40-24-30(47-35(48-32(24)52)44-22-9-5-18(37)6-10-22)42-20-13-11-19(12-14-20)41-29-23-28(39-15-38-23)45-34(46-29)43-21-7-3-17(36)4-8-21/h15-22,25-27,33,54-55H,2-14,36-37H2,1H3,(H2,42,44,47,48)(H3,38,39,41,43,45,46)/t17-,18-,19?,20?,21-,22-,25-,26+,27-,33+/m0/s1. The van der Waals surface area contributed by atoms with Gasteiger partial charge in [-0.15, -0.1) is 10.2 Å². The largest absolute Gasteiger partial charge is 0.387 e. The highest BCUT2D eigenvalue weighted by Crippen LogP contribution is 2.39. The van der Waals surface area contributed by atoms with Gasteiger partial charge in [0.1, 0.15) is 17.7 Å². The molecule has 6 heterocycles. The molecule has 5 aromatic heterocycles. The van der Waals surface area contributed by atoms with Crippen LogP contribution in [0.4, 0.5) is 23.5 Å². The Labute approximate surface area is 322 Å². The Morgan fingerprint density at radius 3 is 1.91 bits per heavy atom. The molecule has 4 atom stereocenters. The molecule has 0 unspecified atom stereocenters. The van der Waals surface area contributed by atoms with Gasteiger partial charge in [-0.1, -0.05) is 0 Å². The molecule has 0 spiro atoms. The van der Waals surface area contributed by atoms with Crippen LogP contribution in [0.2, 0.25) is 0 Å². The number of fused-ring (bicyclic) bond motifs is 2. The Kier molecular flexibility index (Phi) is 10.2. The van der Waals surface area contributed by atoms with Gasteiger partial charge in [0.15, 0.2) is 40.8 Å². The van der Waals surface area contributed by atoms with Crippen LogP contribution in [0.25, 0.3) is 22.3 Å². The zero-order valence-electron chi connectivity index (χ0n) is 31.5. The number of rotatable bonds is 11. The van der Waals surface area contributed by atoms with Crippen molar-refractivity contribution in [2.45, 2.75) is 151 Å². The Bertz CT molecular complexity index is 2100. The van der Waals surface area contributed by atoms with E-state index in [0.717, 1.165) is 88.4 Å². The van der Waals surface area contributed by atoms with Crippen molar-refractivity contribution in [3.8, 4) is 0 Å². The summed E-state index contributed by atoms with van der Waals surface area (Å²) in [4.78, 5) is 33.2. The van der Waals surface area contributed by atoms with Crippen molar-refractivity contribution in [3.63, 3.8) is 0 Å². The van der Waals surface area contributed by atoms with E-state index in [1.54, 1.807) is 17.2 Å². The number of imidazole rings is 2. The van der Waals surface area contributed by atoms with E-state index in [9.17, 15) is 10.2 Å². The van der Waals surface area contributed by atoms with Gasteiger partial charge in [0.2, 0.25) is 17.7 Å². The van der Waals surface area contributed by atoms with Gasteiger partial charge in [-0.2, -0.15) is 24.7 Å². The average molecular weight is 773 g/mol. The van der Waals surface area contributed by atoms with Crippen LogP contribution < -0.4 is 32.7 Å². The Morgan fingerprint density at radius 2 is 1.30 bits per heavy atom. The molecule has 4 fully saturated rings. The van der Waals surface area contributed by atoms with E-state index in [1.165, 1.54) is 4.80 Å². The molecule has 9 rings (SSSR count). The van der Waals surface area contributed by atoms with Crippen molar-refractivity contribution in [1.82, 2.24) is 59.7 Å². The molecule has 21 nitrogen and oxygen atoms in total. The normalized spacial score (nSPS) is 31.2. The zero-order valence-corrected chi connectivity index (χ0v) is 31.5. The van der Waals surface area contributed by atoms with Gasteiger partial charge in [-0.05, 0) is 89.2 Å². The first-order valence-electron chi connectivity index (χ1n) is 20.1. The first kappa shape index (κ1) is 36.8. The molecule has 1 aliphatic heterocycles. The fourth-order valence-electron chi connectivity index (χ4n) is 8.54. The summed E-state index contributed by atoms with van der Waals surface area (Å²) in [6, 6.07) is 1.25. The average Bonchev–Trinajstić information content (AvgIpc) is 4.02. The SMILES string of the molecule is CCn1nnc([C@H]2O[C@@H](n3cnc4c(NC5CCC(Nc6nc(N[C@H]7CC[C@H](N)CC7)nc7[nH]cnc67)CC5)nc(N[C@H]5CC[C@H](N)CC5)nc43)[C@H](O)[C@@H]2O)n1. The molecule has 0 aromatic carbocycles. The van der Waals surface area contributed by atoms with Gasteiger partial charge in [0.25, 0.3) is 0 Å². The van der Waals surface area contributed by atoms with Crippen LogP contribution in [0.1, 0.15) is 102 Å². The van der Waals surface area contributed by atoms with Crippen molar-refractivity contribution in [2.75, 3.05) is 21.3 Å². The molecule has 0 amide bonds. The number of H-pyrrole nitrogens is 1. The van der Waals surface area contributed by atoms with Gasteiger partial charge in [0.05, 0.1) is 19.2 Å². The van der Waals surface area contributed by atoms with Gasteiger partial charge < -0.3 is 52.7 Å². The lowest BCUT2D eigenvalue weighted by Crippen LogP contribution is -2.34. The van der Waals surface area contributed by atoms with Gasteiger partial charge in [-0.3, -0.25) is 4.57 Å². The Balaban J connectivity index is 0.918. The van der Waals surface area contributed by atoms with Crippen molar-refractivity contribution >= 4 is 45.9 Å². The van der Waals surface area contributed by atoms with Crippen molar-refractivity contribution < 1.29 is 14.9 Å². The molecule has 0 bridgehead atoms. The number of nitrogens with one attached hydrogen (secondary N) is 5. The summed E-state index contributed by atoms with van der Waals surface area (Å²) in [6.07, 6.45) is 9.84. The molecule has 300 valence electrons. The van der Waals surface area contributed by atoms with Crippen LogP contribution in [0.15, 0.2) is 12.7 Å². The highest BCUT2D eigenvalue weighted by molar-refractivity contribution is 5.85. The highest BCUT2D eigenvalue weighted by atomic mass is 16.6. The van der Waals surface area contributed by atoms with Crippen molar-refractivity contribution in [2.24, 2.45) is 11.5 Å². The Morgan fingerprint density at radius 1 is 0.732 bits per heavy atom. The number of aliphatic hydroxyl groups is 2. The van der Waals surface area contributed by atoms with E-state index in [-0.39, 0.29) is 36.0 Å². The minimum Gasteiger partial charge on any atom is -0.387 e. The van der Waals surface area contributed by atoms with Crippen LogP contribution in [-0.4, -0.2) is 118 Å². The number of aromatic nitrogens is 12. The number of hydrogen-bond acceptors (Lipinski definition) is 18. The van der Waals surface area contributed by atoms with E-state index in [2.05, 4.69) is 46.6 Å². The fourth-order valence-corrected chi connectivity index (χ4v) is 8.54. The maximum Gasteiger partial charge on any atom is 0.227 e. The third-order valence-corrected chi connectivity index (χ3v) is 11.8. The molecule has 21 heteroatoms. The van der Waals surface area contributed by atoms with E-state index in [0.29, 0.717) is 47.1 Å². The molecule has 56 heavy (non-hydrogen) atoms. The summed E-state index contributed by atoms with van der Waals surface area (Å²) >= 11 is 0. The second-order valence-electron chi connectivity index (χ2n) is 15.8. The number of nitrogens with zero attached hydrogens (tertiary/aromatic N) is 11. The van der Waals surface area contributed by atoms with Crippen LogP contribution in [0.3, 0.4) is 0 Å². The zero-order chi connectivity index (χ0) is 38.3. The van der Waals surface area contributed by atoms with E-state index < -0.39 is 24.5 Å². The molecular formula is C35H52N18O3. The first-order chi connectivity index (χ1) is 27.3. The number of hydrogen-bond donors (Lipinski definition) is 9. The minimum atomic E-state index is -1.30. The van der Waals surface area contributed by atoms with E-state index >= 15 is 0 Å². The molecular weight excluding hydrogens is 721 g/mol.